The minimum atomic E-state index is 0.478. The molecule has 0 aliphatic rings. The van der Waals surface area contributed by atoms with E-state index >= 15 is 0 Å². The van der Waals surface area contributed by atoms with E-state index in [0.717, 1.165) is 39.5 Å². The maximum absolute atomic E-state index is 9.72. The van der Waals surface area contributed by atoms with Crippen molar-refractivity contribution in [2.24, 2.45) is 0 Å². The van der Waals surface area contributed by atoms with Crippen molar-refractivity contribution in [2.45, 2.75) is 20.5 Å². The average Bonchev–Trinajstić information content (AvgIpc) is 3.10. The van der Waals surface area contributed by atoms with Gasteiger partial charge in [-0.2, -0.15) is 5.26 Å². The van der Waals surface area contributed by atoms with Crippen LogP contribution in [0.5, 0.6) is 5.75 Å². The lowest BCUT2D eigenvalue weighted by atomic mass is 10.0. The first-order valence-electron chi connectivity index (χ1n) is 10.5. The van der Waals surface area contributed by atoms with Crippen molar-refractivity contribution in [3.8, 4) is 17.5 Å². The van der Waals surface area contributed by atoms with Crippen molar-refractivity contribution in [1.29, 1.82) is 5.26 Å². The molecule has 0 N–H and O–H groups in total. The van der Waals surface area contributed by atoms with Crippen LogP contribution >= 0.6 is 23.2 Å². The minimum Gasteiger partial charge on any atom is -0.489 e. The molecule has 0 unspecified atom stereocenters. The molecule has 0 saturated heterocycles. The molecule has 0 amide bonds. The molecule has 0 atom stereocenters. The van der Waals surface area contributed by atoms with E-state index < -0.39 is 0 Å². The summed E-state index contributed by atoms with van der Waals surface area (Å²) < 4.78 is 8.07. The van der Waals surface area contributed by atoms with Gasteiger partial charge in [-0.1, -0.05) is 53.5 Å². The highest BCUT2D eigenvalue weighted by atomic mass is 35.5. The summed E-state index contributed by atoms with van der Waals surface area (Å²) in [5, 5.41) is 11.0. The first-order valence-corrected chi connectivity index (χ1v) is 11.2. The predicted molar refractivity (Wildman–Crippen MR) is 136 cm³/mol. The third kappa shape index (κ3) is 5.14. The smallest absolute Gasteiger partial charge is 0.119 e. The van der Waals surface area contributed by atoms with Crippen LogP contribution in [0.15, 0.2) is 78.9 Å². The number of nitrogens with zero attached hydrogens (tertiary/aromatic N) is 2. The Morgan fingerprint density at radius 2 is 1.67 bits per heavy atom. The second-order valence-electron chi connectivity index (χ2n) is 7.72. The van der Waals surface area contributed by atoms with Crippen LogP contribution in [0.2, 0.25) is 10.0 Å². The number of allylic oxidation sites excluding steroid dienone is 1. The Labute approximate surface area is 204 Å². The maximum atomic E-state index is 9.72. The normalized spacial score (nSPS) is 11.3. The molecule has 4 rings (SSSR count). The summed E-state index contributed by atoms with van der Waals surface area (Å²) in [5.41, 5.74) is 6.45. The number of rotatable bonds is 6. The number of ether oxygens (including phenoxy) is 1. The number of halogens is 2. The highest BCUT2D eigenvalue weighted by Crippen LogP contribution is 2.29. The Kier molecular flexibility index (Phi) is 6.89. The molecule has 3 aromatic carbocycles. The highest BCUT2D eigenvalue weighted by molar-refractivity contribution is 6.32. The van der Waals surface area contributed by atoms with E-state index in [4.69, 9.17) is 27.9 Å². The summed E-state index contributed by atoms with van der Waals surface area (Å²) in [6.45, 7) is 4.58. The summed E-state index contributed by atoms with van der Waals surface area (Å²) >= 11 is 12.2. The van der Waals surface area contributed by atoms with Gasteiger partial charge in [0.15, 0.2) is 0 Å². The summed E-state index contributed by atoms with van der Waals surface area (Å²) in [6, 6.07) is 27.4. The quantitative estimate of drug-likeness (QED) is 0.266. The zero-order chi connectivity index (χ0) is 23.4. The standard InChI is InChI=1S/C28H22Cl2N2O/c1-19-15-22(16-23(17-31)27-5-3-4-6-28(27)30)20(2)32(19)25-11-13-26(14-12-25)33-18-21-7-9-24(29)10-8-21/h3-16H,18H2,1-2H3. The van der Waals surface area contributed by atoms with Gasteiger partial charge in [0.2, 0.25) is 0 Å². The molecular weight excluding hydrogens is 451 g/mol. The lowest BCUT2D eigenvalue weighted by Crippen LogP contribution is -2.00. The molecule has 5 heteroatoms. The molecule has 0 aliphatic carbocycles. The Morgan fingerprint density at radius 1 is 0.970 bits per heavy atom. The molecule has 4 aromatic rings. The molecule has 1 heterocycles. The van der Waals surface area contributed by atoms with Gasteiger partial charge in [0.1, 0.15) is 12.4 Å². The molecule has 164 valence electrons. The molecule has 33 heavy (non-hydrogen) atoms. The summed E-state index contributed by atoms with van der Waals surface area (Å²) in [6.07, 6.45) is 1.89. The van der Waals surface area contributed by atoms with Crippen molar-refractivity contribution < 1.29 is 4.74 Å². The molecule has 0 saturated carbocycles. The molecule has 0 radical (unpaired) electrons. The summed E-state index contributed by atoms with van der Waals surface area (Å²) in [4.78, 5) is 0. The lowest BCUT2D eigenvalue weighted by molar-refractivity contribution is 0.306. The number of hydrogen-bond donors (Lipinski definition) is 0. The van der Waals surface area contributed by atoms with Gasteiger partial charge in [0.25, 0.3) is 0 Å². The lowest BCUT2D eigenvalue weighted by Gasteiger charge is -2.12. The first kappa shape index (κ1) is 22.7. The van der Waals surface area contributed by atoms with Gasteiger partial charge in [-0.25, -0.2) is 0 Å². The van der Waals surface area contributed by atoms with Crippen LogP contribution < -0.4 is 4.74 Å². The van der Waals surface area contributed by atoms with Gasteiger partial charge >= 0.3 is 0 Å². The number of aromatic nitrogens is 1. The average molecular weight is 473 g/mol. The van der Waals surface area contributed by atoms with Crippen LogP contribution in [0.4, 0.5) is 0 Å². The van der Waals surface area contributed by atoms with Gasteiger partial charge in [-0.3, -0.25) is 0 Å². The number of benzene rings is 3. The van der Waals surface area contributed by atoms with Gasteiger partial charge in [-0.15, -0.1) is 0 Å². The van der Waals surface area contributed by atoms with E-state index in [-0.39, 0.29) is 0 Å². The summed E-state index contributed by atoms with van der Waals surface area (Å²) in [5.74, 6) is 0.793. The van der Waals surface area contributed by atoms with E-state index in [1.54, 1.807) is 6.07 Å². The Hall–Kier alpha value is -3.45. The topological polar surface area (TPSA) is 38.0 Å². The van der Waals surface area contributed by atoms with E-state index in [2.05, 4.69) is 23.6 Å². The fraction of sp³-hybridized carbons (Fsp3) is 0.107. The maximum Gasteiger partial charge on any atom is 0.119 e. The Morgan fingerprint density at radius 3 is 2.33 bits per heavy atom. The van der Waals surface area contributed by atoms with Crippen molar-refractivity contribution >= 4 is 34.9 Å². The molecule has 0 aliphatic heterocycles. The Bertz CT molecular complexity index is 1340. The third-order valence-electron chi connectivity index (χ3n) is 5.47. The number of nitriles is 1. The zero-order valence-corrected chi connectivity index (χ0v) is 19.9. The van der Waals surface area contributed by atoms with Gasteiger partial charge in [0.05, 0.1) is 11.6 Å². The van der Waals surface area contributed by atoms with E-state index in [1.807, 2.05) is 79.7 Å². The monoisotopic (exact) mass is 472 g/mol. The molecular formula is C28H22Cl2N2O. The zero-order valence-electron chi connectivity index (χ0n) is 18.3. The van der Waals surface area contributed by atoms with Crippen molar-refractivity contribution in [3.63, 3.8) is 0 Å². The SMILES string of the molecule is Cc1cc(C=C(C#N)c2ccccc2Cl)c(C)n1-c1ccc(OCc2ccc(Cl)cc2)cc1. The minimum absolute atomic E-state index is 0.478. The van der Waals surface area contributed by atoms with Gasteiger partial charge < -0.3 is 9.30 Å². The number of hydrogen-bond acceptors (Lipinski definition) is 2. The molecule has 0 bridgehead atoms. The van der Waals surface area contributed by atoms with Crippen LogP contribution in [-0.4, -0.2) is 4.57 Å². The fourth-order valence-corrected chi connectivity index (χ4v) is 4.14. The first-order chi connectivity index (χ1) is 16.0. The van der Waals surface area contributed by atoms with Crippen molar-refractivity contribution in [2.75, 3.05) is 0 Å². The van der Waals surface area contributed by atoms with Crippen LogP contribution in [-0.2, 0) is 6.61 Å². The summed E-state index contributed by atoms with van der Waals surface area (Å²) in [7, 11) is 0. The van der Waals surface area contributed by atoms with Crippen molar-refractivity contribution in [3.05, 3.63) is 117 Å². The third-order valence-corrected chi connectivity index (χ3v) is 6.05. The predicted octanol–water partition coefficient (Wildman–Crippen LogP) is 8.04. The van der Waals surface area contributed by atoms with E-state index in [0.29, 0.717) is 22.2 Å². The second kappa shape index (κ2) is 10.0. The Balaban J connectivity index is 1.57. The molecule has 3 nitrogen and oxygen atoms in total. The molecule has 0 fully saturated rings. The molecule has 1 aromatic heterocycles. The van der Waals surface area contributed by atoms with Crippen molar-refractivity contribution in [1.82, 2.24) is 4.57 Å². The van der Waals surface area contributed by atoms with Gasteiger partial charge in [0, 0.05) is 32.7 Å². The number of aryl methyl sites for hydroxylation is 1. The fourth-order valence-electron chi connectivity index (χ4n) is 3.78. The van der Waals surface area contributed by atoms with E-state index in [1.165, 1.54) is 0 Å². The van der Waals surface area contributed by atoms with Crippen LogP contribution in [0.25, 0.3) is 17.3 Å². The highest BCUT2D eigenvalue weighted by Gasteiger charge is 2.12. The van der Waals surface area contributed by atoms with Crippen LogP contribution in [0.3, 0.4) is 0 Å². The van der Waals surface area contributed by atoms with Crippen LogP contribution in [0.1, 0.15) is 28.1 Å². The largest absolute Gasteiger partial charge is 0.489 e. The van der Waals surface area contributed by atoms with E-state index in [9.17, 15) is 5.26 Å². The molecule has 0 spiro atoms. The van der Waals surface area contributed by atoms with Crippen LogP contribution in [0, 0.1) is 25.2 Å². The van der Waals surface area contributed by atoms with Gasteiger partial charge in [-0.05, 0) is 79.6 Å². The second-order valence-corrected chi connectivity index (χ2v) is 8.56.